The zero-order valence-electron chi connectivity index (χ0n) is 26.1. The standard InChI is InChI=1S/C43H25N5O/c1-4-10-26(11-5-1)33-25-34-38(43-42(33)47-49-48-43)32-21-18-31(24-37(32)46-39(34)28-14-8-3-9-15-28)36-23-20-30-17-16-29-19-22-35(27-12-6-2-7-13-27)44-40(29)41(30)45-36/h1-25H. The molecule has 0 amide bonds. The van der Waals surface area contributed by atoms with Crippen LogP contribution in [-0.2, 0) is 0 Å². The lowest BCUT2D eigenvalue weighted by atomic mass is 9.93. The molecule has 0 aliphatic rings. The molecular weight excluding hydrogens is 603 g/mol. The first-order chi connectivity index (χ1) is 24.3. The molecule has 6 aromatic carbocycles. The zero-order chi connectivity index (χ0) is 32.3. The van der Waals surface area contributed by atoms with Crippen molar-refractivity contribution in [2.45, 2.75) is 0 Å². The Bertz CT molecular complexity index is 2870. The number of hydrogen-bond acceptors (Lipinski definition) is 6. The first-order valence-electron chi connectivity index (χ1n) is 16.2. The number of hydrogen-bond donors (Lipinski definition) is 0. The minimum absolute atomic E-state index is 0.712. The van der Waals surface area contributed by atoms with E-state index >= 15 is 0 Å². The summed E-state index contributed by atoms with van der Waals surface area (Å²) in [6.45, 7) is 0. The first-order valence-corrected chi connectivity index (χ1v) is 16.2. The third-order valence-corrected chi connectivity index (χ3v) is 9.31. The molecule has 4 aromatic heterocycles. The van der Waals surface area contributed by atoms with Crippen LogP contribution in [0.2, 0.25) is 0 Å². The fourth-order valence-corrected chi connectivity index (χ4v) is 6.93. The Labute approximate surface area is 280 Å². The number of pyridine rings is 3. The van der Waals surface area contributed by atoms with Crippen LogP contribution in [0.4, 0.5) is 0 Å². The maximum absolute atomic E-state index is 5.40. The van der Waals surface area contributed by atoms with Crippen molar-refractivity contribution in [3.63, 3.8) is 0 Å². The van der Waals surface area contributed by atoms with Crippen molar-refractivity contribution in [3.8, 4) is 44.9 Å². The summed E-state index contributed by atoms with van der Waals surface area (Å²) in [6.07, 6.45) is 0. The van der Waals surface area contributed by atoms with Crippen molar-refractivity contribution in [1.82, 2.24) is 25.3 Å². The lowest BCUT2D eigenvalue weighted by Crippen LogP contribution is -1.94. The van der Waals surface area contributed by atoms with Gasteiger partial charge in [0.1, 0.15) is 11.0 Å². The molecule has 0 atom stereocenters. The fourth-order valence-electron chi connectivity index (χ4n) is 6.93. The van der Waals surface area contributed by atoms with Crippen molar-refractivity contribution in [1.29, 1.82) is 0 Å². The summed E-state index contributed by atoms with van der Waals surface area (Å²) in [5.74, 6) is 0. The Morgan fingerprint density at radius 1 is 0.388 bits per heavy atom. The van der Waals surface area contributed by atoms with Crippen LogP contribution in [-0.4, -0.2) is 25.3 Å². The van der Waals surface area contributed by atoms with Gasteiger partial charge in [0.05, 0.1) is 33.6 Å². The van der Waals surface area contributed by atoms with Gasteiger partial charge in [-0.15, -0.1) is 0 Å². The van der Waals surface area contributed by atoms with Gasteiger partial charge in [-0.1, -0.05) is 127 Å². The third-order valence-electron chi connectivity index (χ3n) is 9.31. The largest absolute Gasteiger partial charge is 0.247 e. The van der Waals surface area contributed by atoms with Crippen molar-refractivity contribution in [2.75, 3.05) is 0 Å². The van der Waals surface area contributed by atoms with E-state index in [0.29, 0.717) is 5.52 Å². The van der Waals surface area contributed by atoms with Gasteiger partial charge in [-0.2, -0.15) is 0 Å². The first kappa shape index (κ1) is 27.3. The zero-order valence-corrected chi connectivity index (χ0v) is 26.1. The SMILES string of the molecule is c1ccc(-c2ccc3ccc4ccc(-c5ccc6c(c5)nc(-c5ccccc5)c5cc(-c7ccccc7)c7nonc7c56)nc4c3n2)cc1. The highest BCUT2D eigenvalue weighted by molar-refractivity contribution is 6.23. The quantitative estimate of drug-likeness (QED) is 0.181. The van der Waals surface area contributed by atoms with Crippen LogP contribution < -0.4 is 0 Å². The molecule has 6 nitrogen and oxygen atoms in total. The second-order valence-corrected chi connectivity index (χ2v) is 12.2. The van der Waals surface area contributed by atoms with Crippen molar-refractivity contribution < 1.29 is 4.63 Å². The van der Waals surface area contributed by atoms with Crippen molar-refractivity contribution in [2.24, 2.45) is 0 Å². The minimum atomic E-state index is 0.712. The molecule has 10 aromatic rings. The summed E-state index contributed by atoms with van der Waals surface area (Å²) >= 11 is 0. The fraction of sp³-hybridized carbons (Fsp3) is 0. The van der Waals surface area contributed by atoms with Crippen LogP contribution in [0.25, 0.3) is 99.4 Å². The summed E-state index contributed by atoms with van der Waals surface area (Å²) in [7, 11) is 0. The van der Waals surface area contributed by atoms with Crippen LogP contribution in [0.15, 0.2) is 156 Å². The van der Waals surface area contributed by atoms with Crippen LogP contribution in [0.3, 0.4) is 0 Å². The Morgan fingerprint density at radius 2 is 0.959 bits per heavy atom. The van der Waals surface area contributed by atoms with E-state index in [1.807, 2.05) is 54.6 Å². The molecule has 0 saturated heterocycles. The van der Waals surface area contributed by atoms with E-state index in [1.165, 1.54) is 0 Å². The number of nitrogens with zero attached hydrogens (tertiary/aromatic N) is 5. The molecule has 6 heteroatoms. The van der Waals surface area contributed by atoms with Crippen LogP contribution in [0.5, 0.6) is 0 Å². The van der Waals surface area contributed by atoms with Gasteiger partial charge in [-0.25, -0.2) is 19.6 Å². The molecule has 0 aliphatic carbocycles. The molecule has 0 saturated carbocycles. The summed E-state index contributed by atoms with van der Waals surface area (Å²) in [4.78, 5) is 15.6. The number of rotatable bonds is 4. The number of aromatic nitrogens is 5. The van der Waals surface area contributed by atoms with E-state index in [9.17, 15) is 0 Å². The van der Waals surface area contributed by atoms with Crippen LogP contribution in [0.1, 0.15) is 0 Å². The molecular formula is C43H25N5O. The molecule has 0 N–H and O–H groups in total. The molecule has 0 unspecified atom stereocenters. The number of benzene rings is 6. The molecule has 4 heterocycles. The van der Waals surface area contributed by atoms with E-state index in [-0.39, 0.29) is 0 Å². The summed E-state index contributed by atoms with van der Waals surface area (Å²) < 4.78 is 5.40. The average molecular weight is 628 g/mol. The molecule has 0 bridgehead atoms. The molecule has 49 heavy (non-hydrogen) atoms. The van der Waals surface area contributed by atoms with Gasteiger partial charge >= 0.3 is 0 Å². The molecule has 10 rings (SSSR count). The van der Waals surface area contributed by atoms with Crippen molar-refractivity contribution >= 4 is 54.5 Å². The van der Waals surface area contributed by atoms with Gasteiger partial charge in [-0.3, -0.25) is 0 Å². The van der Waals surface area contributed by atoms with E-state index in [1.54, 1.807) is 0 Å². The normalized spacial score (nSPS) is 11.7. The molecule has 0 radical (unpaired) electrons. The van der Waals surface area contributed by atoms with Gasteiger partial charge in [0.2, 0.25) is 0 Å². The van der Waals surface area contributed by atoms with Crippen LogP contribution in [0, 0.1) is 0 Å². The van der Waals surface area contributed by atoms with Gasteiger partial charge in [0, 0.05) is 49.2 Å². The maximum atomic E-state index is 5.40. The lowest BCUT2D eigenvalue weighted by Gasteiger charge is -2.13. The predicted molar refractivity (Wildman–Crippen MR) is 197 cm³/mol. The summed E-state index contributed by atoms with van der Waals surface area (Å²) in [5.41, 5.74) is 11.7. The van der Waals surface area contributed by atoms with E-state index < -0.39 is 0 Å². The Morgan fingerprint density at radius 3 is 1.63 bits per heavy atom. The Balaban J connectivity index is 1.21. The number of fused-ring (bicyclic) bond motifs is 8. The average Bonchev–Trinajstić information content (AvgIpc) is 3.68. The topological polar surface area (TPSA) is 77.6 Å². The minimum Gasteiger partial charge on any atom is -0.247 e. The monoisotopic (exact) mass is 627 g/mol. The van der Waals surface area contributed by atoms with E-state index in [4.69, 9.17) is 19.6 Å². The summed E-state index contributed by atoms with van der Waals surface area (Å²) in [5, 5.41) is 13.8. The predicted octanol–water partition coefficient (Wildman–Crippen LogP) is 10.7. The lowest BCUT2D eigenvalue weighted by molar-refractivity contribution is 0.316. The third kappa shape index (κ3) is 4.46. The molecule has 0 fully saturated rings. The smallest absolute Gasteiger partial charge is 0.144 e. The van der Waals surface area contributed by atoms with Gasteiger partial charge in [-0.05, 0) is 40.1 Å². The highest BCUT2D eigenvalue weighted by Gasteiger charge is 2.20. The Kier molecular flexibility index (Phi) is 6.08. The van der Waals surface area contributed by atoms with Gasteiger partial charge in [0.15, 0.2) is 0 Å². The second kappa shape index (κ2) is 10.9. The molecule has 228 valence electrons. The van der Waals surface area contributed by atoms with Gasteiger partial charge in [0.25, 0.3) is 0 Å². The van der Waals surface area contributed by atoms with Crippen LogP contribution >= 0.6 is 0 Å². The van der Waals surface area contributed by atoms with Gasteiger partial charge < -0.3 is 0 Å². The molecule has 0 spiro atoms. The highest BCUT2D eigenvalue weighted by atomic mass is 16.6. The Hall–Kier alpha value is -6.79. The maximum Gasteiger partial charge on any atom is 0.144 e. The van der Waals surface area contributed by atoms with E-state index in [2.05, 4.69) is 107 Å². The molecule has 0 aliphatic heterocycles. The van der Waals surface area contributed by atoms with E-state index in [0.717, 1.165) is 93.9 Å². The summed E-state index contributed by atoms with van der Waals surface area (Å²) in [6, 6.07) is 51.9. The van der Waals surface area contributed by atoms with Crippen molar-refractivity contribution in [3.05, 3.63) is 152 Å². The second-order valence-electron chi connectivity index (χ2n) is 12.2. The highest BCUT2D eigenvalue weighted by Crippen LogP contribution is 2.41.